The van der Waals surface area contributed by atoms with Gasteiger partial charge in [-0.05, 0) is 18.1 Å². The first kappa shape index (κ1) is 20.3. The van der Waals surface area contributed by atoms with Gasteiger partial charge in [-0.25, -0.2) is 9.97 Å². The van der Waals surface area contributed by atoms with Crippen LogP contribution in [0.2, 0.25) is 0 Å². The molecule has 7 nitrogen and oxygen atoms in total. The van der Waals surface area contributed by atoms with Crippen LogP contribution in [0.25, 0.3) is 11.0 Å². The molecule has 1 aromatic carbocycles. The predicted molar refractivity (Wildman–Crippen MR) is 122 cm³/mol. The quantitative estimate of drug-likeness (QED) is 0.483. The largest absolute Gasteiger partial charge is 0.334 e. The summed E-state index contributed by atoms with van der Waals surface area (Å²) in [6, 6.07) is 11.2. The second-order valence-electron chi connectivity index (χ2n) is 8.39. The van der Waals surface area contributed by atoms with E-state index in [9.17, 15) is 0 Å². The molecule has 0 spiro atoms. The summed E-state index contributed by atoms with van der Waals surface area (Å²) in [5, 5.41) is 8.96. The summed E-state index contributed by atoms with van der Waals surface area (Å²) in [6.45, 7) is 6.71. The number of hydrogen-bond acceptors (Lipinski definition) is 5. The molecule has 2 aromatic heterocycles. The third kappa shape index (κ3) is 3.64. The minimum Gasteiger partial charge on any atom is -0.334 e. The van der Waals surface area contributed by atoms with Gasteiger partial charge in [0.1, 0.15) is 17.0 Å². The van der Waals surface area contributed by atoms with Crippen LogP contribution < -0.4 is 9.38 Å². The molecule has 4 rings (SSSR count). The molecule has 0 bridgehead atoms. The van der Waals surface area contributed by atoms with E-state index < -0.39 is 0 Å². The molecule has 0 unspecified atom stereocenters. The molecule has 0 atom stereocenters. The van der Waals surface area contributed by atoms with Gasteiger partial charge in [0.25, 0.3) is 0 Å². The Hall–Kier alpha value is -2.95. The number of nitrogens with zero attached hydrogens (tertiary/aromatic N) is 7. The Morgan fingerprint density at radius 2 is 1.97 bits per heavy atom. The number of hydrogen-bond donors (Lipinski definition) is 0. The lowest BCUT2D eigenvalue weighted by molar-refractivity contribution is 0.169. The van der Waals surface area contributed by atoms with E-state index in [4.69, 9.17) is 5.26 Å². The first-order chi connectivity index (χ1) is 14.4. The Labute approximate surface area is 178 Å². The topological polar surface area (TPSA) is 61.0 Å². The van der Waals surface area contributed by atoms with Crippen LogP contribution in [0.4, 0.5) is 17.2 Å². The highest BCUT2D eigenvalue weighted by Crippen LogP contribution is 2.33. The summed E-state index contributed by atoms with van der Waals surface area (Å²) >= 11 is 0. The molecule has 1 aliphatic heterocycles. The maximum Gasteiger partial charge on any atom is 0.134 e. The summed E-state index contributed by atoms with van der Waals surface area (Å²) < 4.78 is 2.94. The minimum atomic E-state index is 0.526. The monoisotopic (exact) mass is 404 g/mol. The van der Waals surface area contributed by atoms with E-state index >= 15 is 0 Å². The number of imidazole rings is 1. The maximum absolute atomic E-state index is 8.96. The number of aryl methyl sites for hydroxylation is 2. The van der Waals surface area contributed by atoms with Crippen molar-refractivity contribution in [3.63, 3.8) is 0 Å². The lowest BCUT2D eigenvalue weighted by Crippen LogP contribution is -2.58. The van der Waals surface area contributed by atoms with Crippen LogP contribution >= 0.6 is 0 Å². The van der Waals surface area contributed by atoms with Crippen LogP contribution in [-0.2, 0) is 13.5 Å². The number of benzene rings is 1. The van der Waals surface area contributed by atoms with Gasteiger partial charge >= 0.3 is 0 Å². The van der Waals surface area contributed by atoms with Crippen LogP contribution in [0.5, 0.6) is 0 Å². The first-order valence-electron chi connectivity index (χ1n) is 10.5. The Balaban J connectivity index is 1.62. The maximum atomic E-state index is 8.96. The molecule has 30 heavy (non-hydrogen) atoms. The standard InChI is InChI=1S/C23H30N7/c1-5-18-14-19(30(4)12-10-29(9-8-24)11-13-30)6-7-21(18)28(3)23-15-22-20(16-25-23)26-17-27(22)2/h6-7,14-17H,5,9-13H2,1-4H3/q+1. The van der Waals surface area contributed by atoms with E-state index in [2.05, 4.69) is 71.1 Å². The van der Waals surface area contributed by atoms with Gasteiger partial charge in [0.15, 0.2) is 0 Å². The molecule has 3 aromatic rings. The summed E-state index contributed by atoms with van der Waals surface area (Å²) in [6.07, 6.45) is 4.62. The number of fused-ring (bicyclic) bond motifs is 1. The summed E-state index contributed by atoms with van der Waals surface area (Å²) in [4.78, 5) is 13.4. The van der Waals surface area contributed by atoms with Crippen molar-refractivity contribution in [2.45, 2.75) is 13.3 Å². The van der Waals surface area contributed by atoms with Gasteiger partial charge in [0, 0.05) is 51.1 Å². The average Bonchev–Trinajstić information content (AvgIpc) is 3.15. The number of rotatable bonds is 5. The SMILES string of the molecule is CCc1cc([N+]2(C)CCN(CC#N)CC2)ccc1N(C)c1cc2c(cn1)ncn2C. The lowest BCUT2D eigenvalue weighted by Gasteiger charge is -2.41. The lowest BCUT2D eigenvalue weighted by atomic mass is 10.1. The summed E-state index contributed by atoms with van der Waals surface area (Å²) in [5.74, 6) is 0.916. The number of nitriles is 1. The number of piperazine rings is 1. The van der Waals surface area contributed by atoms with Crippen molar-refractivity contribution in [1.82, 2.24) is 23.9 Å². The van der Waals surface area contributed by atoms with Crippen LogP contribution in [0, 0.1) is 11.3 Å². The summed E-state index contributed by atoms with van der Waals surface area (Å²) in [5.41, 5.74) is 5.84. The molecule has 0 radical (unpaired) electrons. The molecule has 0 aliphatic carbocycles. The number of quaternary nitrogens is 1. The van der Waals surface area contributed by atoms with E-state index in [0.717, 1.165) is 53.9 Å². The highest BCUT2D eigenvalue weighted by atomic mass is 15.4. The van der Waals surface area contributed by atoms with Crippen molar-refractivity contribution in [2.24, 2.45) is 7.05 Å². The zero-order valence-corrected chi connectivity index (χ0v) is 18.3. The van der Waals surface area contributed by atoms with Crippen molar-refractivity contribution in [3.05, 3.63) is 42.4 Å². The zero-order chi connectivity index (χ0) is 21.3. The number of pyridine rings is 1. The van der Waals surface area contributed by atoms with Gasteiger partial charge in [-0.2, -0.15) is 5.26 Å². The number of anilines is 2. The Morgan fingerprint density at radius 3 is 2.67 bits per heavy atom. The van der Waals surface area contributed by atoms with E-state index in [-0.39, 0.29) is 0 Å². The average molecular weight is 405 g/mol. The molecule has 1 saturated heterocycles. The van der Waals surface area contributed by atoms with E-state index in [1.165, 1.54) is 16.9 Å². The molecule has 1 aliphatic rings. The molecule has 0 N–H and O–H groups in total. The second kappa shape index (κ2) is 8.05. The van der Waals surface area contributed by atoms with Gasteiger partial charge < -0.3 is 9.47 Å². The molecule has 7 heteroatoms. The van der Waals surface area contributed by atoms with Gasteiger partial charge in [-0.3, -0.25) is 9.38 Å². The molecular weight excluding hydrogens is 374 g/mol. The highest BCUT2D eigenvalue weighted by Gasteiger charge is 2.31. The molecular formula is C23H30N7+. The van der Waals surface area contributed by atoms with Gasteiger partial charge in [0.05, 0.1) is 50.8 Å². The fourth-order valence-electron chi connectivity index (χ4n) is 4.31. The van der Waals surface area contributed by atoms with E-state index in [1.54, 1.807) is 0 Å². The molecule has 3 heterocycles. The van der Waals surface area contributed by atoms with E-state index in [0.29, 0.717) is 6.54 Å². The van der Waals surface area contributed by atoms with E-state index in [1.807, 2.05) is 24.1 Å². The zero-order valence-electron chi connectivity index (χ0n) is 18.3. The molecule has 156 valence electrons. The smallest absolute Gasteiger partial charge is 0.134 e. The third-order valence-corrected chi connectivity index (χ3v) is 6.48. The normalized spacial score (nSPS) is 16.5. The fraction of sp³-hybridized carbons (Fsp3) is 0.435. The highest BCUT2D eigenvalue weighted by molar-refractivity contribution is 5.79. The number of aromatic nitrogens is 3. The Bertz CT molecular complexity index is 1090. The first-order valence-corrected chi connectivity index (χ1v) is 10.5. The van der Waals surface area contributed by atoms with Crippen LogP contribution in [-0.4, -0.2) is 66.3 Å². The van der Waals surface area contributed by atoms with Crippen molar-refractivity contribution in [3.8, 4) is 6.07 Å². The van der Waals surface area contributed by atoms with Crippen molar-refractivity contribution >= 4 is 28.2 Å². The minimum absolute atomic E-state index is 0.526. The third-order valence-electron chi connectivity index (χ3n) is 6.48. The van der Waals surface area contributed by atoms with Crippen molar-refractivity contribution in [2.75, 3.05) is 51.7 Å². The predicted octanol–water partition coefficient (Wildman–Crippen LogP) is 3.07. The van der Waals surface area contributed by atoms with Crippen LogP contribution in [0.15, 0.2) is 36.8 Å². The molecule has 1 fully saturated rings. The Morgan fingerprint density at radius 1 is 1.20 bits per heavy atom. The Kier molecular flexibility index (Phi) is 5.46. The van der Waals surface area contributed by atoms with Crippen LogP contribution in [0.3, 0.4) is 0 Å². The van der Waals surface area contributed by atoms with Gasteiger partial charge in [0.2, 0.25) is 0 Å². The van der Waals surface area contributed by atoms with Crippen molar-refractivity contribution < 1.29 is 0 Å². The molecule has 0 saturated carbocycles. The summed E-state index contributed by atoms with van der Waals surface area (Å²) in [7, 11) is 6.39. The molecule has 0 amide bonds. The van der Waals surface area contributed by atoms with Gasteiger partial charge in [-0.1, -0.05) is 6.92 Å². The number of likely N-dealkylation sites (N-methyl/N-ethyl adjacent to an activating group) is 1. The van der Waals surface area contributed by atoms with Crippen molar-refractivity contribution in [1.29, 1.82) is 5.26 Å². The second-order valence-corrected chi connectivity index (χ2v) is 8.39. The fourth-order valence-corrected chi connectivity index (χ4v) is 4.31. The van der Waals surface area contributed by atoms with Crippen LogP contribution in [0.1, 0.15) is 12.5 Å². The van der Waals surface area contributed by atoms with Gasteiger partial charge in [-0.15, -0.1) is 0 Å².